The first kappa shape index (κ1) is 22.6. The Hall–Kier alpha value is -2.10. The van der Waals surface area contributed by atoms with E-state index in [9.17, 15) is 4.79 Å². The Labute approximate surface area is 189 Å². The molecule has 0 aliphatic rings. The van der Waals surface area contributed by atoms with Gasteiger partial charge in [-0.1, -0.05) is 35.1 Å². The van der Waals surface area contributed by atoms with Gasteiger partial charge in [0.15, 0.2) is 10.3 Å². The zero-order valence-electron chi connectivity index (χ0n) is 17.3. The lowest BCUT2D eigenvalue weighted by Gasteiger charge is -2.09. The van der Waals surface area contributed by atoms with Crippen LogP contribution >= 0.6 is 35.1 Å². The highest BCUT2D eigenvalue weighted by Crippen LogP contribution is 2.24. The Kier molecular flexibility index (Phi) is 7.74. The topological polar surface area (TPSA) is 85.6 Å². The molecule has 3 aromatic rings. The highest BCUT2D eigenvalue weighted by Gasteiger charge is 2.15. The van der Waals surface area contributed by atoms with E-state index in [-0.39, 0.29) is 11.7 Å². The van der Waals surface area contributed by atoms with Crippen molar-refractivity contribution in [3.05, 3.63) is 52.1 Å². The molecule has 0 spiro atoms. The SMILES string of the molecule is CCn1c(CSc2nc(C)cc(C)n2)nnc1SCC(=O)Nc1ccc(Cl)cc1C. The molecular weight excluding hydrogens is 440 g/mol. The van der Waals surface area contributed by atoms with Gasteiger partial charge in [-0.15, -0.1) is 10.2 Å². The number of hydrogen-bond donors (Lipinski definition) is 1. The van der Waals surface area contributed by atoms with Crippen LogP contribution in [0.25, 0.3) is 0 Å². The second-order valence-electron chi connectivity index (χ2n) is 6.66. The number of hydrogen-bond acceptors (Lipinski definition) is 7. The molecule has 158 valence electrons. The number of aryl methyl sites for hydroxylation is 3. The Morgan fingerprint density at radius 3 is 2.50 bits per heavy atom. The monoisotopic (exact) mass is 462 g/mol. The fourth-order valence-electron chi connectivity index (χ4n) is 2.82. The number of benzene rings is 1. The summed E-state index contributed by atoms with van der Waals surface area (Å²) in [6.45, 7) is 8.58. The summed E-state index contributed by atoms with van der Waals surface area (Å²) in [5.74, 6) is 1.59. The van der Waals surface area contributed by atoms with E-state index in [0.717, 1.165) is 45.3 Å². The van der Waals surface area contributed by atoms with Crippen molar-refractivity contribution >= 4 is 46.7 Å². The van der Waals surface area contributed by atoms with Gasteiger partial charge in [-0.2, -0.15) is 0 Å². The lowest BCUT2D eigenvalue weighted by Crippen LogP contribution is -2.15. The normalized spacial score (nSPS) is 11.0. The third-order valence-corrected chi connectivity index (χ3v) is 6.24. The lowest BCUT2D eigenvalue weighted by atomic mass is 10.2. The predicted molar refractivity (Wildman–Crippen MR) is 122 cm³/mol. The number of halogens is 1. The van der Waals surface area contributed by atoms with Crippen LogP contribution < -0.4 is 5.32 Å². The molecule has 1 N–H and O–H groups in total. The fraction of sp³-hybridized carbons (Fsp3) is 0.350. The number of anilines is 1. The van der Waals surface area contributed by atoms with Gasteiger partial charge in [0.25, 0.3) is 0 Å². The fourth-order valence-corrected chi connectivity index (χ4v) is 4.76. The minimum atomic E-state index is -0.101. The van der Waals surface area contributed by atoms with Crippen LogP contribution in [0, 0.1) is 20.8 Å². The molecule has 0 unspecified atom stereocenters. The van der Waals surface area contributed by atoms with Gasteiger partial charge in [0.05, 0.1) is 11.5 Å². The number of rotatable bonds is 8. The van der Waals surface area contributed by atoms with Gasteiger partial charge in [-0.3, -0.25) is 4.79 Å². The van der Waals surface area contributed by atoms with Gasteiger partial charge in [0.1, 0.15) is 5.82 Å². The number of carbonyl (C=O) groups excluding carboxylic acids is 1. The quantitative estimate of drug-likeness (QED) is 0.384. The molecule has 0 saturated carbocycles. The van der Waals surface area contributed by atoms with Crippen molar-refractivity contribution in [2.24, 2.45) is 0 Å². The van der Waals surface area contributed by atoms with Crippen LogP contribution in [0.15, 0.2) is 34.6 Å². The van der Waals surface area contributed by atoms with Crippen molar-refractivity contribution in [1.82, 2.24) is 24.7 Å². The van der Waals surface area contributed by atoms with Gasteiger partial charge in [0, 0.05) is 28.6 Å². The molecule has 1 amide bonds. The van der Waals surface area contributed by atoms with E-state index in [1.807, 2.05) is 44.4 Å². The van der Waals surface area contributed by atoms with E-state index in [1.54, 1.807) is 12.1 Å². The highest BCUT2D eigenvalue weighted by atomic mass is 35.5. The Bertz CT molecular complexity index is 1040. The summed E-state index contributed by atoms with van der Waals surface area (Å²) in [7, 11) is 0. The van der Waals surface area contributed by atoms with Crippen LogP contribution in [0.3, 0.4) is 0 Å². The van der Waals surface area contributed by atoms with Crippen LogP contribution in [-0.4, -0.2) is 36.4 Å². The molecule has 0 atom stereocenters. The molecule has 0 saturated heterocycles. The van der Waals surface area contributed by atoms with Gasteiger partial charge in [-0.05, 0) is 57.5 Å². The molecule has 0 bridgehead atoms. The van der Waals surface area contributed by atoms with Crippen LogP contribution in [-0.2, 0) is 17.1 Å². The molecule has 2 heterocycles. The van der Waals surface area contributed by atoms with Crippen molar-refractivity contribution in [2.45, 2.75) is 50.3 Å². The van der Waals surface area contributed by atoms with Crippen LogP contribution in [0.1, 0.15) is 29.7 Å². The van der Waals surface area contributed by atoms with E-state index >= 15 is 0 Å². The molecule has 10 heteroatoms. The first-order valence-electron chi connectivity index (χ1n) is 9.41. The van der Waals surface area contributed by atoms with Crippen molar-refractivity contribution in [2.75, 3.05) is 11.1 Å². The molecule has 3 rings (SSSR count). The third kappa shape index (κ3) is 5.96. The molecule has 0 aliphatic carbocycles. The number of nitrogens with one attached hydrogen (secondary N) is 1. The Balaban J connectivity index is 1.60. The third-order valence-electron chi connectivity index (χ3n) is 4.20. The lowest BCUT2D eigenvalue weighted by molar-refractivity contribution is -0.113. The van der Waals surface area contributed by atoms with Crippen LogP contribution in [0.4, 0.5) is 5.69 Å². The smallest absolute Gasteiger partial charge is 0.234 e. The summed E-state index contributed by atoms with van der Waals surface area (Å²) < 4.78 is 2.02. The average Bonchev–Trinajstić information content (AvgIpc) is 3.08. The van der Waals surface area contributed by atoms with Crippen molar-refractivity contribution in [1.29, 1.82) is 0 Å². The minimum absolute atomic E-state index is 0.101. The zero-order chi connectivity index (χ0) is 21.7. The predicted octanol–water partition coefficient (Wildman–Crippen LogP) is 4.69. The van der Waals surface area contributed by atoms with E-state index in [4.69, 9.17) is 11.6 Å². The van der Waals surface area contributed by atoms with Crippen molar-refractivity contribution < 1.29 is 4.79 Å². The number of aromatic nitrogens is 5. The Morgan fingerprint density at radius 1 is 1.10 bits per heavy atom. The maximum Gasteiger partial charge on any atom is 0.234 e. The molecular formula is C20H23ClN6OS2. The summed E-state index contributed by atoms with van der Waals surface area (Å²) >= 11 is 8.86. The molecule has 0 fully saturated rings. The highest BCUT2D eigenvalue weighted by molar-refractivity contribution is 7.99. The largest absolute Gasteiger partial charge is 0.325 e. The second kappa shape index (κ2) is 10.3. The van der Waals surface area contributed by atoms with Gasteiger partial charge in [0.2, 0.25) is 5.91 Å². The minimum Gasteiger partial charge on any atom is -0.325 e. The molecule has 7 nitrogen and oxygen atoms in total. The molecule has 0 aliphatic heterocycles. The van der Waals surface area contributed by atoms with Gasteiger partial charge in [-0.25, -0.2) is 9.97 Å². The number of carbonyl (C=O) groups is 1. The van der Waals surface area contributed by atoms with Gasteiger partial charge >= 0.3 is 0 Å². The van der Waals surface area contributed by atoms with Crippen LogP contribution in [0.2, 0.25) is 5.02 Å². The van der Waals surface area contributed by atoms with Gasteiger partial charge < -0.3 is 9.88 Å². The Morgan fingerprint density at radius 2 is 1.83 bits per heavy atom. The first-order valence-corrected chi connectivity index (χ1v) is 11.8. The summed E-state index contributed by atoms with van der Waals surface area (Å²) in [6.07, 6.45) is 0. The first-order chi connectivity index (χ1) is 14.4. The molecule has 2 aromatic heterocycles. The van der Waals surface area contributed by atoms with Crippen molar-refractivity contribution in [3.8, 4) is 0 Å². The van der Waals surface area contributed by atoms with E-state index in [1.165, 1.54) is 23.5 Å². The maximum atomic E-state index is 12.4. The van der Waals surface area contributed by atoms with Crippen LogP contribution in [0.5, 0.6) is 0 Å². The molecule has 30 heavy (non-hydrogen) atoms. The molecule has 1 aromatic carbocycles. The summed E-state index contributed by atoms with van der Waals surface area (Å²) in [5, 5.41) is 13.6. The number of amides is 1. The van der Waals surface area contributed by atoms with E-state index in [0.29, 0.717) is 10.8 Å². The number of nitrogens with zero attached hydrogens (tertiary/aromatic N) is 5. The summed E-state index contributed by atoms with van der Waals surface area (Å²) in [4.78, 5) is 21.3. The number of thioether (sulfide) groups is 2. The summed E-state index contributed by atoms with van der Waals surface area (Å²) in [6, 6.07) is 7.33. The maximum absolute atomic E-state index is 12.4. The average molecular weight is 463 g/mol. The zero-order valence-corrected chi connectivity index (χ0v) is 19.7. The standard InChI is InChI=1S/C20H23ClN6OS2/c1-5-27-17(10-29-19-22-13(3)9-14(4)23-19)25-26-20(27)30-11-18(28)24-16-7-6-15(21)8-12(16)2/h6-9H,5,10-11H2,1-4H3,(H,24,28). The molecule has 0 radical (unpaired) electrons. The second-order valence-corrected chi connectivity index (χ2v) is 8.98. The van der Waals surface area contributed by atoms with E-state index in [2.05, 4.69) is 25.5 Å². The summed E-state index contributed by atoms with van der Waals surface area (Å²) in [5.41, 5.74) is 3.57. The van der Waals surface area contributed by atoms with Crippen molar-refractivity contribution in [3.63, 3.8) is 0 Å². The van der Waals surface area contributed by atoms with E-state index < -0.39 is 0 Å².